The van der Waals surface area contributed by atoms with Crippen molar-refractivity contribution in [1.82, 2.24) is 43.9 Å². The fourth-order valence-corrected chi connectivity index (χ4v) is 7.62. The molecule has 2 aliphatic rings. The topological polar surface area (TPSA) is 109 Å². The second kappa shape index (κ2) is 15.5. The summed E-state index contributed by atoms with van der Waals surface area (Å²) >= 11 is 1.60. The van der Waals surface area contributed by atoms with Crippen molar-refractivity contribution in [1.29, 1.82) is 0 Å². The van der Waals surface area contributed by atoms with E-state index in [1.807, 2.05) is 81.6 Å². The minimum absolute atomic E-state index is 0.0679. The average molecular weight is 704 g/mol. The summed E-state index contributed by atoms with van der Waals surface area (Å²) in [5, 5.41) is 14.6. The molecule has 9 rings (SSSR count). The summed E-state index contributed by atoms with van der Waals surface area (Å²) < 4.78 is 23.2. The van der Waals surface area contributed by atoms with E-state index >= 15 is 0 Å². The summed E-state index contributed by atoms with van der Waals surface area (Å²) in [5.41, 5.74) is 5.90. The van der Waals surface area contributed by atoms with Crippen molar-refractivity contribution in [2.24, 2.45) is 0 Å². The number of fused-ring (bicyclic) bond motifs is 2. The minimum atomic E-state index is -0.0679. The molecule has 0 aliphatic carbocycles. The molecule has 0 radical (unpaired) electrons. The molecule has 51 heavy (non-hydrogen) atoms. The van der Waals surface area contributed by atoms with E-state index in [2.05, 4.69) is 28.2 Å². The summed E-state index contributed by atoms with van der Waals surface area (Å²) in [4.78, 5) is 13.2. The summed E-state index contributed by atoms with van der Waals surface area (Å²) in [6.07, 6.45) is 11.5. The first kappa shape index (κ1) is 33.2. The van der Waals surface area contributed by atoms with Crippen molar-refractivity contribution in [3.63, 3.8) is 0 Å². The van der Waals surface area contributed by atoms with Gasteiger partial charge in [-0.2, -0.15) is 10.2 Å². The third-order valence-corrected chi connectivity index (χ3v) is 10.2. The zero-order valence-corrected chi connectivity index (χ0v) is 29.5. The molecular weight excluding hydrogens is 663 g/mol. The van der Waals surface area contributed by atoms with Gasteiger partial charge in [0.15, 0.2) is 12.1 Å². The van der Waals surface area contributed by atoms with E-state index in [-0.39, 0.29) is 6.23 Å². The van der Waals surface area contributed by atoms with Gasteiger partial charge in [0.2, 0.25) is 0 Å². The molecule has 1 aromatic carbocycles. The van der Waals surface area contributed by atoms with E-state index in [0.717, 1.165) is 114 Å². The lowest BCUT2D eigenvalue weighted by atomic mass is 10.1. The molecule has 2 saturated heterocycles. The van der Waals surface area contributed by atoms with E-state index in [9.17, 15) is 0 Å². The second-order valence-corrected chi connectivity index (χ2v) is 13.6. The van der Waals surface area contributed by atoms with Crippen LogP contribution in [0.1, 0.15) is 37.6 Å². The minimum Gasteiger partial charge on any atom is -0.493 e. The number of pyridine rings is 2. The highest BCUT2D eigenvalue weighted by Gasteiger charge is 2.24. The van der Waals surface area contributed by atoms with Gasteiger partial charge in [-0.05, 0) is 56.9 Å². The van der Waals surface area contributed by atoms with Gasteiger partial charge in [-0.25, -0.2) is 23.7 Å². The van der Waals surface area contributed by atoms with Gasteiger partial charge in [-0.1, -0.05) is 36.4 Å². The van der Waals surface area contributed by atoms with Gasteiger partial charge in [0, 0.05) is 56.5 Å². The third kappa shape index (κ3) is 7.57. The molecule has 1 atom stereocenters. The van der Waals surface area contributed by atoms with Crippen LogP contribution in [0.2, 0.25) is 0 Å². The Kier molecular flexibility index (Phi) is 10.1. The average Bonchev–Trinajstić information content (AvgIpc) is 4.00. The summed E-state index contributed by atoms with van der Waals surface area (Å²) in [5.74, 6) is 1.49. The first-order valence-electron chi connectivity index (χ1n) is 17.6. The van der Waals surface area contributed by atoms with Gasteiger partial charge in [-0.3, -0.25) is 4.90 Å². The van der Waals surface area contributed by atoms with E-state index in [0.29, 0.717) is 12.4 Å². The maximum atomic E-state index is 6.18. The highest BCUT2D eigenvalue weighted by atomic mass is 32.1. The molecule has 0 amide bonds. The Morgan fingerprint density at radius 3 is 2.65 bits per heavy atom. The number of aryl methyl sites for hydroxylation is 1. The van der Waals surface area contributed by atoms with Crippen molar-refractivity contribution < 1.29 is 14.2 Å². The standard InChI is InChI=1S/C31H35N7O3S.C7H6N2/c1-22-27(25-20-24(11-13-37(25)34-22)40-17-7-12-36-14-18-39-19-15-36)31-33-28(23-8-3-2-4-9-23)29(42-31)30-32-21-38(35-30)26-10-5-6-16-41-26;1-2-6-9-7(3-1)4-5-8-9/h2-4,8-9,11,13,20-21,26H,5-7,10,12,14-19H2,1H3;1-6H. The van der Waals surface area contributed by atoms with Crippen LogP contribution in [-0.2, 0) is 9.47 Å². The second-order valence-electron chi connectivity index (χ2n) is 12.6. The van der Waals surface area contributed by atoms with Crippen molar-refractivity contribution in [2.75, 3.05) is 46.1 Å². The first-order valence-corrected chi connectivity index (χ1v) is 18.4. The number of morpholine rings is 1. The summed E-state index contributed by atoms with van der Waals surface area (Å²) in [7, 11) is 0. The van der Waals surface area contributed by atoms with Crippen molar-refractivity contribution in [2.45, 2.75) is 38.8 Å². The van der Waals surface area contributed by atoms with Crippen LogP contribution in [0, 0.1) is 6.92 Å². The monoisotopic (exact) mass is 703 g/mol. The van der Waals surface area contributed by atoms with Gasteiger partial charge in [0.25, 0.3) is 0 Å². The number of ether oxygens (including phenoxy) is 3. The van der Waals surface area contributed by atoms with Crippen LogP contribution in [-0.4, -0.2) is 89.9 Å². The Hall–Kier alpha value is -4.95. The maximum Gasteiger partial charge on any atom is 0.193 e. The normalized spacial score (nSPS) is 16.7. The number of aromatic nitrogens is 8. The third-order valence-electron chi connectivity index (χ3n) is 9.13. The molecule has 6 aromatic heterocycles. The Balaban J connectivity index is 0.000000359. The zero-order chi connectivity index (χ0) is 34.4. The Morgan fingerprint density at radius 1 is 0.922 bits per heavy atom. The van der Waals surface area contributed by atoms with Gasteiger partial charge in [0.1, 0.15) is 22.0 Å². The smallest absolute Gasteiger partial charge is 0.193 e. The van der Waals surface area contributed by atoms with E-state index in [1.54, 1.807) is 23.9 Å². The SMILES string of the molecule is Cc1nn2ccc(OCCCN3CCOCC3)cc2c1-c1nc(-c2ccccc2)c(-c2ncn(C3CCCCO3)n2)s1.c1ccn2nccc2c1. The highest BCUT2D eigenvalue weighted by Crippen LogP contribution is 2.42. The number of hydrogen-bond acceptors (Lipinski definition) is 10. The Bertz CT molecular complexity index is 2150. The van der Waals surface area contributed by atoms with Crippen molar-refractivity contribution in [3.05, 3.63) is 97.3 Å². The fraction of sp³-hybridized carbons (Fsp3) is 0.342. The summed E-state index contributed by atoms with van der Waals surface area (Å²) in [6.45, 7) is 8.09. The lowest BCUT2D eigenvalue weighted by Gasteiger charge is -2.26. The van der Waals surface area contributed by atoms with Gasteiger partial charge < -0.3 is 14.2 Å². The van der Waals surface area contributed by atoms with Crippen LogP contribution in [0.4, 0.5) is 0 Å². The van der Waals surface area contributed by atoms with E-state index in [4.69, 9.17) is 34.4 Å². The van der Waals surface area contributed by atoms with Crippen molar-refractivity contribution >= 4 is 22.4 Å². The van der Waals surface area contributed by atoms with Crippen molar-refractivity contribution in [3.8, 4) is 38.3 Å². The molecule has 0 saturated carbocycles. The Morgan fingerprint density at radius 2 is 1.80 bits per heavy atom. The molecular formula is C38H41N9O3S. The predicted molar refractivity (Wildman–Crippen MR) is 197 cm³/mol. The van der Waals surface area contributed by atoms with Gasteiger partial charge >= 0.3 is 0 Å². The molecule has 8 heterocycles. The van der Waals surface area contributed by atoms with Crippen LogP contribution >= 0.6 is 11.3 Å². The highest BCUT2D eigenvalue weighted by molar-refractivity contribution is 7.19. The molecule has 0 N–H and O–H groups in total. The van der Waals surface area contributed by atoms with Crippen LogP contribution in [0.5, 0.6) is 5.75 Å². The van der Waals surface area contributed by atoms with E-state index in [1.165, 1.54) is 0 Å². The molecule has 1 unspecified atom stereocenters. The van der Waals surface area contributed by atoms with Gasteiger partial charge in [0.05, 0.1) is 47.8 Å². The molecule has 7 aromatic rings. The van der Waals surface area contributed by atoms with Crippen LogP contribution in [0.25, 0.3) is 43.6 Å². The van der Waals surface area contributed by atoms with Crippen LogP contribution in [0.3, 0.4) is 0 Å². The quantitative estimate of drug-likeness (QED) is 0.150. The number of benzene rings is 1. The van der Waals surface area contributed by atoms with Crippen LogP contribution in [0.15, 0.2) is 91.6 Å². The molecule has 2 aliphatic heterocycles. The fourth-order valence-electron chi connectivity index (χ4n) is 6.49. The number of hydrogen-bond donors (Lipinski definition) is 0. The molecule has 0 bridgehead atoms. The predicted octanol–water partition coefficient (Wildman–Crippen LogP) is 6.83. The number of thiazole rings is 1. The maximum absolute atomic E-state index is 6.18. The first-order chi connectivity index (χ1) is 25.2. The van der Waals surface area contributed by atoms with E-state index < -0.39 is 0 Å². The molecule has 262 valence electrons. The lowest BCUT2D eigenvalue weighted by molar-refractivity contribution is -0.0395. The van der Waals surface area contributed by atoms with Crippen LogP contribution < -0.4 is 4.74 Å². The molecule has 2 fully saturated rings. The Labute approximate surface area is 300 Å². The lowest BCUT2D eigenvalue weighted by Crippen LogP contribution is -2.37. The molecule has 13 heteroatoms. The summed E-state index contributed by atoms with van der Waals surface area (Å²) in [6, 6.07) is 22.2. The number of nitrogens with zero attached hydrogens (tertiary/aromatic N) is 9. The number of rotatable bonds is 9. The largest absolute Gasteiger partial charge is 0.493 e. The molecule has 12 nitrogen and oxygen atoms in total. The van der Waals surface area contributed by atoms with Gasteiger partial charge in [-0.15, -0.1) is 16.4 Å². The zero-order valence-electron chi connectivity index (χ0n) is 28.7. The molecule has 0 spiro atoms.